The maximum atomic E-state index is 13.7. The molecular formula is C38H51I3N2O11. The number of carbonyl (C=O) groups excluding carboxylic acids is 4. The van der Waals surface area contributed by atoms with Crippen molar-refractivity contribution in [1.82, 2.24) is 0 Å². The Bertz CT molecular complexity index is 1670. The predicted octanol–water partition coefficient (Wildman–Crippen LogP) is 6.30. The molecule has 4 fully saturated rings. The van der Waals surface area contributed by atoms with Crippen molar-refractivity contribution in [3.63, 3.8) is 0 Å². The SMILES string of the molecule is CC(=O)Nc1c(I)c(NC(C)=O)c(I)c(C(=O)OC(C)OC(=O)C2(O)CCC3(C)C(CC(O)C4C3CC(O)C3(C)C(C(C)CCC(=O)O)CCC43)C2)c1I. The summed E-state index contributed by atoms with van der Waals surface area (Å²) in [5.74, 6) is -3.38. The lowest BCUT2D eigenvalue weighted by Crippen LogP contribution is -2.64. The molecule has 12 unspecified atom stereocenters. The number of fused-ring (bicyclic) bond motifs is 5. The molecule has 5 rings (SSSR count). The van der Waals surface area contributed by atoms with Gasteiger partial charge in [0.15, 0.2) is 5.60 Å². The summed E-state index contributed by atoms with van der Waals surface area (Å²) < 4.78 is 12.4. The molecule has 300 valence electrons. The molecule has 0 bridgehead atoms. The normalized spacial score (nSPS) is 35.4. The van der Waals surface area contributed by atoms with Crippen molar-refractivity contribution < 1.29 is 53.9 Å². The molecule has 4 saturated carbocycles. The van der Waals surface area contributed by atoms with Gasteiger partial charge in [0.05, 0.1) is 39.9 Å². The van der Waals surface area contributed by atoms with Crippen LogP contribution in [0, 0.1) is 57.0 Å². The summed E-state index contributed by atoms with van der Waals surface area (Å²) in [5.41, 5.74) is -2.01. The lowest BCUT2D eigenvalue weighted by Gasteiger charge is -2.64. The highest BCUT2D eigenvalue weighted by atomic mass is 127. The summed E-state index contributed by atoms with van der Waals surface area (Å²) in [7, 11) is 0. The number of halogens is 3. The topological polar surface area (TPSA) is 209 Å². The molecule has 4 aliphatic carbocycles. The van der Waals surface area contributed by atoms with E-state index in [0.29, 0.717) is 47.8 Å². The molecule has 6 N–H and O–H groups in total. The average Bonchev–Trinajstić information content (AvgIpc) is 3.43. The fourth-order valence-electron chi connectivity index (χ4n) is 10.8. The Labute approximate surface area is 356 Å². The minimum absolute atomic E-state index is 0.0310. The smallest absolute Gasteiger partial charge is 0.343 e. The molecule has 16 heteroatoms. The van der Waals surface area contributed by atoms with Crippen LogP contribution in [0.1, 0.15) is 110 Å². The Morgan fingerprint density at radius 3 is 2.02 bits per heavy atom. The number of hydrogen-bond acceptors (Lipinski definition) is 10. The zero-order valence-corrected chi connectivity index (χ0v) is 37.8. The van der Waals surface area contributed by atoms with Crippen LogP contribution in [0.15, 0.2) is 0 Å². The number of carboxylic acid groups (broad SMARTS) is 1. The maximum Gasteiger partial charge on any atom is 0.343 e. The van der Waals surface area contributed by atoms with E-state index in [9.17, 15) is 44.4 Å². The van der Waals surface area contributed by atoms with E-state index in [2.05, 4.69) is 31.4 Å². The van der Waals surface area contributed by atoms with Crippen LogP contribution in [0.2, 0.25) is 0 Å². The van der Waals surface area contributed by atoms with Crippen molar-refractivity contribution in [3.05, 3.63) is 16.3 Å². The zero-order valence-electron chi connectivity index (χ0n) is 31.3. The number of carboxylic acids is 1. The highest BCUT2D eigenvalue weighted by Crippen LogP contribution is 2.69. The first-order valence-corrected chi connectivity index (χ1v) is 21.8. The Balaban J connectivity index is 1.29. The molecule has 2 amide bonds. The molecule has 4 aliphatic rings. The number of esters is 2. The molecule has 13 nitrogen and oxygen atoms in total. The van der Waals surface area contributed by atoms with Crippen LogP contribution in [0.4, 0.5) is 11.4 Å². The van der Waals surface area contributed by atoms with Crippen LogP contribution in [-0.4, -0.2) is 74.2 Å². The van der Waals surface area contributed by atoms with Gasteiger partial charge in [-0.1, -0.05) is 20.8 Å². The van der Waals surface area contributed by atoms with Gasteiger partial charge in [-0.25, -0.2) is 9.59 Å². The number of anilines is 2. The number of amides is 2. The molecule has 0 aromatic heterocycles. The number of aliphatic hydroxyl groups is 3. The highest BCUT2D eigenvalue weighted by molar-refractivity contribution is 14.1. The van der Waals surface area contributed by atoms with E-state index < -0.39 is 47.4 Å². The van der Waals surface area contributed by atoms with E-state index in [1.165, 1.54) is 20.8 Å². The van der Waals surface area contributed by atoms with Gasteiger partial charge in [0.2, 0.25) is 18.1 Å². The third kappa shape index (κ3) is 8.03. The van der Waals surface area contributed by atoms with Gasteiger partial charge >= 0.3 is 17.9 Å². The largest absolute Gasteiger partial charge is 0.481 e. The number of ether oxygens (including phenoxy) is 2. The third-order valence-corrected chi connectivity index (χ3v) is 16.7. The van der Waals surface area contributed by atoms with Crippen molar-refractivity contribution in [2.24, 2.45) is 46.3 Å². The van der Waals surface area contributed by atoms with E-state index in [0.717, 1.165) is 12.8 Å². The van der Waals surface area contributed by atoms with Crippen molar-refractivity contribution in [1.29, 1.82) is 0 Å². The minimum atomic E-state index is -1.89. The van der Waals surface area contributed by atoms with Gasteiger partial charge in [-0.3, -0.25) is 14.4 Å². The standard InChI is InChI=1S/C38H51I3N2O11/c1-16(7-10-26(48)49)21-8-9-22-27-23(14-25(47)37(21,22)6)36(5)11-12-38(52,15-20(36)13-24(27)46)35(51)54-19(4)53-34(50)28-29(39)32(42-17(2)44)31(41)33(30(28)40)43-18(3)45/h16,19-25,27,46-47,52H,7-15H2,1-6H3,(H,42,44)(H,43,45)(H,48,49). The van der Waals surface area contributed by atoms with Crippen LogP contribution in [0.3, 0.4) is 0 Å². The number of aliphatic hydroxyl groups excluding tert-OH is 2. The zero-order chi connectivity index (χ0) is 40.2. The van der Waals surface area contributed by atoms with Crippen molar-refractivity contribution in [2.45, 2.75) is 123 Å². The lowest BCUT2D eigenvalue weighted by atomic mass is 9.42. The Morgan fingerprint density at radius 1 is 0.870 bits per heavy atom. The number of carbonyl (C=O) groups is 5. The summed E-state index contributed by atoms with van der Waals surface area (Å²) in [4.78, 5) is 62.5. The molecule has 1 aromatic carbocycles. The number of aliphatic carboxylic acids is 1. The van der Waals surface area contributed by atoms with Crippen LogP contribution in [-0.2, 0) is 28.7 Å². The Kier molecular flexibility index (Phi) is 13.4. The summed E-state index contributed by atoms with van der Waals surface area (Å²) >= 11 is 5.80. The molecule has 1 aromatic rings. The minimum Gasteiger partial charge on any atom is -0.481 e. The number of hydrogen-bond donors (Lipinski definition) is 6. The van der Waals surface area contributed by atoms with Gasteiger partial charge in [-0.2, -0.15) is 0 Å². The number of rotatable bonds is 10. The van der Waals surface area contributed by atoms with Gasteiger partial charge < -0.3 is 40.5 Å². The van der Waals surface area contributed by atoms with Crippen molar-refractivity contribution in [2.75, 3.05) is 10.6 Å². The van der Waals surface area contributed by atoms with Gasteiger partial charge in [0, 0.05) is 27.2 Å². The first-order valence-electron chi connectivity index (χ1n) is 18.5. The second-order valence-electron chi connectivity index (χ2n) is 16.6. The van der Waals surface area contributed by atoms with Crippen LogP contribution >= 0.6 is 67.8 Å². The Morgan fingerprint density at radius 2 is 1.46 bits per heavy atom. The second-order valence-corrected chi connectivity index (χ2v) is 19.8. The van der Waals surface area contributed by atoms with Crippen LogP contribution < -0.4 is 10.6 Å². The van der Waals surface area contributed by atoms with Crippen LogP contribution in [0.25, 0.3) is 0 Å². The fraction of sp³-hybridized carbons (Fsp3) is 0.711. The predicted molar refractivity (Wildman–Crippen MR) is 223 cm³/mol. The first-order chi connectivity index (χ1) is 25.1. The number of benzene rings is 1. The molecule has 0 spiro atoms. The monoisotopic (exact) mass is 1090 g/mol. The van der Waals surface area contributed by atoms with Crippen LogP contribution in [0.5, 0.6) is 0 Å². The summed E-state index contributed by atoms with van der Waals surface area (Å²) in [6.07, 6.45) is 1.11. The maximum absolute atomic E-state index is 13.7. The lowest BCUT2D eigenvalue weighted by molar-refractivity contribution is -0.225. The Hall–Kier alpha value is -1.36. The van der Waals surface area contributed by atoms with Gasteiger partial charge in [-0.15, -0.1) is 0 Å². The second kappa shape index (κ2) is 16.5. The molecular weight excluding hydrogens is 1040 g/mol. The van der Waals surface area contributed by atoms with E-state index in [-0.39, 0.29) is 77.6 Å². The highest BCUT2D eigenvalue weighted by Gasteiger charge is 2.67. The van der Waals surface area contributed by atoms with Crippen molar-refractivity contribution >= 4 is 109 Å². The molecule has 0 radical (unpaired) electrons. The summed E-state index contributed by atoms with van der Waals surface area (Å²) in [6, 6.07) is 0. The van der Waals surface area contributed by atoms with Gasteiger partial charge in [0.1, 0.15) is 0 Å². The van der Waals surface area contributed by atoms with E-state index in [1.54, 1.807) is 0 Å². The molecule has 0 saturated heterocycles. The quantitative estimate of drug-likeness (QED) is 0.0872. The number of nitrogens with one attached hydrogen (secondary N) is 2. The summed E-state index contributed by atoms with van der Waals surface area (Å²) in [6.45, 7) is 10.4. The van der Waals surface area contributed by atoms with Gasteiger partial charge in [-0.05, 0) is 165 Å². The van der Waals surface area contributed by atoms with E-state index >= 15 is 0 Å². The van der Waals surface area contributed by atoms with Gasteiger partial charge in [0.25, 0.3) is 0 Å². The first kappa shape index (κ1) is 43.8. The van der Waals surface area contributed by atoms with E-state index in [4.69, 9.17) is 9.47 Å². The third-order valence-electron chi connectivity index (χ3n) is 13.5. The van der Waals surface area contributed by atoms with E-state index in [1.807, 2.05) is 67.8 Å². The molecule has 12 atom stereocenters. The van der Waals surface area contributed by atoms with Crippen molar-refractivity contribution in [3.8, 4) is 0 Å². The molecule has 54 heavy (non-hydrogen) atoms. The summed E-state index contributed by atoms with van der Waals surface area (Å²) in [5, 5.41) is 50.2. The molecule has 0 heterocycles. The average molecular weight is 1090 g/mol. The fourth-order valence-corrected chi connectivity index (χ4v) is 14.9. The molecule has 0 aliphatic heterocycles.